The number of hydrogen-bond donors (Lipinski definition) is 1. The van der Waals surface area contributed by atoms with Crippen LogP contribution >= 0.6 is 0 Å². The second-order valence-electron chi connectivity index (χ2n) is 5.35. The lowest BCUT2D eigenvalue weighted by molar-refractivity contribution is 0.212. The van der Waals surface area contributed by atoms with Crippen molar-refractivity contribution in [2.24, 2.45) is 23.7 Å². The van der Waals surface area contributed by atoms with Crippen LogP contribution in [0.15, 0.2) is 0 Å². The van der Waals surface area contributed by atoms with Crippen molar-refractivity contribution in [2.45, 2.75) is 38.1 Å². The molecule has 3 fully saturated rings. The molecular weight excluding hydrogens is 170 g/mol. The minimum Gasteiger partial charge on any atom is -0.303 e. The van der Waals surface area contributed by atoms with Crippen LogP contribution in [0.1, 0.15) is 32.1 Å². The van der Waals surface area contributed by atoms with Crippen molar-refractivity contribution in [3.8, 4) is 12.3 Å². The summed E-state index contributed by atoms with van der Waals surface area (Å²) in [7, 11) is 0. The Kier molecular flexibility index (Phi) is 2.06. The first kappa shape index (κ1) is 8.80. The summed E-state index contributed by atoms with van der Waals surface area (Å²) in [6.07, 6.45) is 12.7. The van der Waals surface area contributed by atoms with E-state index in [0.717, 1.165) is 36.3 Å². The summed E-state index contributed by atoms with van der Waals surface area (Å²) in [5, 5.41) is 3.54. The molecule has 3 rings (SSSR count). The van der Waals surface area contributed by atoms with E-state index in [-0.39, 0.29) is 0 Å². The zero-order chi connectivity index (χ0) is 9.54. The fourth-order valence-electron chi connectivity index (χ4n) is 4.49. The first-order valence-corrected chi connectivity index (χ1v) is 6.07. The Morgan fingerprint density at radius 1 is 1.14 bits per heavy atom. The van der Waals surface area contributed by atoms with E-state index in [2.05, 4.69) is 11.2 Å². The summed E-state index contributed by atoms with van der Waals surface area (Å²) in [4.78, 5) is 0. The minimum absolute atomic E-state index is 0.760. The number of terminal acetylenes is 1. The highest BCUT2D eigenvalue weighted by Crippen LogP contribution is 2.58. The molecule has 1 N–H and O–H groups in total. The molecular formula is C13H19N. The lowest BCUT2D eigenvalue weighted by Gasteiger charge is -2.31. The summed E-state index contributed by atoms with van der Waals surface area (Å²) in [6.45, 7) is 0.769. The van der Waals surface area contributed by atoms with E-state index in [1.54, 1.807) is 0 Å². The van der Waals surface area contributed by atoms with Gasteiger partial charge in [0.15, 0.2) is 0 Å². The van der Waals surface area contributed by atoms with Gasteiger partial charge in [-0.3, -0.25) is 0 Å². The fraction of sp³-hybridized carbons (Fsp3) is 0.846. The summed E-state index contributed by atoms with van der Waals surface area (Å²) >= 11 is 0. The summed E-state index contributed by atoms with van der Waals surface area (Å²) in [6, 6.07) is 0.760. The van der Waals surface area contributed by atoms with Gasteiger partial charge in [-0.25, -0.2) is 0 Å². The lowest BCUT2D eigenvalue weighted by Crippen LogP contribution is -2.39. The van der Waals surface area contributed by atoms with Crippen LogP contribution in [0.25, 0.3) is 0 Å². The van der Waals surface area contributed by atoms with E-state index in [4.69, 9.17) is 6.42 Å². The molecule has 76 valence electrons. The van der Waals surface area contributed by atoms with Gasteiger partial charge in [-0.2, -0.15) is 0 Å². The van der Waals surface area contributed by atoms with Crippen molar-refractivity contribution in [3.05, 3.63) is 0 Å². The molecule has 5 unspecified atom stereocenters. The zero-order valence-corrected chi connectivity index (χ0v) is 8.71. The molecule has 3 aliphatic carbocycles. The first-order chi connectivity index (χ1) is 6.90. The Balaban J connectivity index is 1.68. The largest absolute Gasteiger partial charge is 0.303 e. The van der Waals surface area contributed by atoms with E-state index in [0.29, 0.717) is 0 Å². The van der Waals surface area contributed by atoms with Crippen molar-refractivity contribution in [1.82, 2.24) is 5.32 Å². The quantitative estimate of drug-likeness (QED) is 0.655. The highest BCUT2D eigenvalue weighted by molar-refractivity contribution is 5.06. The third-order valence-corrected chi connectivity index (χ3v) is 4.90. The van der Waals surface area contributed by atoms with Crippen LogP contribution in [0.2, 0.25) is 0 Å². The van der Waals surface area contributed by atoms with Crippen LogP contribution in [-0.4, -0.2) is 12.6 Å². The SMILES string of the molecule is C#CCNC1CC2CC1C1CCCC21. The molecule has 3 saturated carbocycles. The molecule has 3 aliphatic rings. The van der Waals surface area contributed by atoms with Crippen molar-refractivity contribution in [3.63, 3.8) is 0 Å². The standard InChI is InChI=1S/C13H19N/c1-2-6-14-13-8-9-7-12(13)11-5-3-4-10(9)11/h1,9-14H,3-8H2. The Hall–Kier alpha value is -0.480. The molecule has 2 bridgehead atoms. The molecule has 14 heavy (non-hydrogen) atoms. The predicted octanol–water partition coefficient (Wildman–Crippen LogP) is 2.03. The maximum atomic E-state index is 5.30. The van der Waals surface area contributed by atoms with Crippen molar-refractivity contribution < 1.29 is 0 Å². The highest BCUT2D eigenvalue weighted by Gasteiger charge is 2.53. The van der Waals surface area contributed by atoms with Gasteiger partial charge in [-0.1, -0.05) is 12.3 Å². The van der Waals surface area contributed by atoms with Gasteiger partial charge in [0.05, 0.1) is 6.54 Å². The molecule has 5 atom stereocenters. The van der Waals surface area contributed by atoms with Crippen LogP contribution < -0.4 is 5.32 Å². The third kappa shape index (κ3) is 1.13. The van der Waals surface area contributed by atoms with E-state index >= 15 is 0 Å². The van der Waals surface area contributed by atoms with Gasteiger partial charge in [-0.05, 0) is 49.4 Å². The van der Waals surface area contributed by atoms with Crippen LogP contribution in [-0.2, 0) is 0 Å². The molecule has 0 amide bonds. The molecule has 0 heterocycles. The molecule has 0 radical (unpaired) electrons. The van der Waals surface area contributed by atoms with Crippen molar-refractivity contribution in [1.29, 1.82) is 0 Å². The Labute approximate surface area is 86.7 Å². The van der Waals surface area contributed by atoms with E-state index in [9.17, 15) is 0 Å². The molecule has 0 spiro atoms. The Bertz CT molecular complexity index is 265. The second-order valence-corrected chi connectivity index (χ2v) is 5.35. The zero-order valence-electron chi connectivity index (χ0n) is 8.71. The van der Waals surface area contributed by atoms with Crippen LogP contribution in [0.3, 0.4) is 0 Å². The number of rotatable bonds is 2. The predicted molar refractivity (Wildman–Crippen MR) is 57.7 cm³/mol. The van der Waals surface area contributed by atoms with Gasteiger partial charge in [0.25, 0.3) is 0 Å². The monoisotopic (exact) mass is 189 g/mol. The van der Waals surface area contributed by atoms with Crippen LogP contribution in [0.5, 0.6) is 0 Å². The number of fused-ring (bicyclic) bond motifs is 5. The average molecular weight is 189 g/mol. The second kappa shape index (κ2) is 3.28. The van der Waals surface area contributed by atoms with E-state index in [1.165, 1.54) is 32.1 Å². The highest BCUT2D eigenvalue weighted by atomic mass is 14.9. The molecule has 1 nitrogen and oxygen atoms in total. The van der Waals surface area contributed by atoms with E-state index in [1.807, 2.05) is 0 Å². The van der Waals surface area contributed by atoms with Crippen LogP contribution in [0.4, 0.5) is 0 Å². The molecule has 1 heteroatoms. The molecule has 0 aliphatic heterocycles. The maximum absolute atomic E-state index is 5.30. The van der Waals surface area contributed by atoms with Gasteiger partial charge in [0.2, 0.25) is 0 Å². The number of nitrogens with one attached hydrogen (secondary N) is 1. The van der Waals surface area contributed by atoms with E-state index < -0.39 is 0 Å². The minimum atomic E-state index is 0.760. The first-order valence-electron chi connectivity index (χ1n) is 6.07. The smallest absolute Gasteiger partial charge is 0.0576 e. The summed E-state index contributed by atoms with van der Waals surface area (Å²) in [5.41, 5.74) is 0. The normalized spacial score (nSPS) is 49.2. The lowest BCUT2D eigenvalue weighted by atomic mass is 9.79. The van der Waals surface area contributed by atoms with Crippen LogP contribution in [0, 0.1) is 36.0 Å². The number of hydrogen-bond acceptors (Lipinski definition) is 1. The van der Waals surface area contributed by atoms with Gasteiger partial charge in [0.1, 0.15) is 0 Å². The molecule has 0 aromatic heterocycles. The van der Waals surface area contributed by atoms with Gasteiger partial charge >= 0.3 is 0 Å². The van der Waals surface area contributed by atoms with Crippen molar-refractivity contribution in [2.75, 3.05) is 6.54 Å². The molecule has 0 saturated heterocycles. The molecule has 0 aromatic carbocycles. The maximum Gasteiger partial charge on any atom is 0.0576 e. The fourth-order valence-corrected chi connectivity index (χ4v) is 4.49. The van der Waals surface area contributed by atoms with Gasteiger partial charge in [-0.15, -0.1) is 6.42 Å². The van der Waals surface area contributed by atoms with Gasteiger partial charge < -0.3 is 5.32 Å². The Morgan fingerprint density at radius 2 is 2.00 bits per heavy atom. The Morgan fingerprint density at radius 3 is 2.86 bits per heavy atom. The third-order valence-electron chi connectivity index (χ3n) is 4.90. The summed E-state index contributed by atoms with van der Waals surface area (Å²) in [5.74, 6) is 6.88. The summed E-state index contributed by atoms with van der Waals surface area (Å²) < 4.78 is 0. The topological polar surface area (TPSA) is 12.0 Å². The average Bonchev–Trinajstić information content (AvgIpc) is 2.85. The van der Waals surface area contributed by atoms with Gasteiger partial charge in [0, 0.05) is 6.04 Å². The molecule has 0 aromatic rings. The van der Waals surface area contributed by atoms with Crippen molar-refractivity contribution >= 4 is 0 Å².